The van der Waals surface area contributed by atoms with Crippen molar-refractivity contribution in [1.82, 2.24) is 9.80 Å². The van der Waals surface area contributed by atoms with Gasteiger partial charge in [0.05, 0.1) is 32.3 Å². The quantitative estimate of drug-likeness (QED) is 0.242. The smallest absolute Gasteiger partial charge is 0.265 e. The number of hydrogen-bond acceptors (Lipinski definition) is 4. The van der Waals surface area contributed by atoms with Gasteiger partial charge in [-0.1, -0.05) is 34.1 Å². The fourth-order valence-corrected chi connectivity index (χ4v) is 8.49. The molecule has 2 amide bonds. The first-order valence-corrected chi connectivity index (χ1v) is 13.2. The summed E-state index contributed by atoms with van der Waals surface area (Å²) in [4.78, 5) is 32.8. The zero-order valence-electron chi connectivity index (χ0n) is 17.7. The van der Waals surface area contributed by atoms with Crippen molar-refractivity contribution in [3.63, 3.8) is 0 Å². The third kappa shape index (κ3) is 2.18. The first kappa shape index (κ1) is 19.1. The lowest BCUT2D eigenvalue weighted by Crippen LogP contribution is -2.25. The van der Waals surface area contributed by atoms with Crippen molar-refractivity contribution < 1.29 is 9.59 Å². The van der Waals surface area contributed by atoms with Crippen LogP contribution in [0, 0.1) is 6.92 Å². The van der Waals surface area contributed by atoms with Crippen LogP contribution >= 0.6 is 38.6 Å². The van der Waals surface area contributed by atoms with Crippen LogP contribution in [0.1, 0.15) is 26.4 Å². The molecule has 0 saturated carbocycles. The van der Waals surface area contributed by atoms with E-state index in [2.05, 4.69) is 53.2 Å². The number of rotatable bonds is 0. The Bertz CT molecular complexity index is 1700. The van der Waals surface area contributed by atoms with Crippen LogP contribution < -0.4 is 0 Å². The van der Waals surface area contributed by atoms with Gasteiger partial charge in [0.15, 0.2) is 0 Å². The van der Waals surface area contributed by atoms with Gasteiger partial charge in [0.1, 0.15) is 0 Å². The van der Waals surface area contributed by atoms with Gasteiger partial charge in [0.2, 0.25) is 0 Å². The lowest BCUT2D eigenvalue weighted by Gasteiger charge is -2.24. The average Bonchev–Trinajstić information content (AvgIpc) is 3.52. The van der Waals surface area contributed by atoms with E-state index < -0.39 is 0 Å². The number of hydrogen-bond donors (Lipinski definition) is 0. The largest absolute Gasteiger partial charge is 0.281 e. The van der Waals surface area contributed by atoms with Crippen molar-refractivity contribution in [1.29, 1.82) is 0 Å². The maximum Gasteiger partial charge on any atom is 0.265 e. The first-order valence-electron chi connectivity index (χ1n) is 10.8. The molecule has 4 nitrogen and oxygen atoms in total. The SMILES string of the molecule is Cc1ccc2c3c(sc2c1)C1=C2C(=O)N4C=Cc5c(sc6cc(Br)ccc56)C4=C2C(=O)N1C=C3. The van der Waals surface area contributed by atoms with E-state index in [4.69, 9.17) is 0 Å². The Kier molecular flexibility index (Phi) is 3.50. The van der Waals surface area contributed by atoms with Crippen molar-refractivity contribution in [2.75, 3.05) is 0 Å². The standard InChI is InChI=1S/C27H13BrN2O2S2/c1-12-2-4-14-16-6-8-29-22(24(16)33-18(14)10-12)20-21(27(29)32)23-25-17(7-9-30(23)26(20)31)15-5-3-13(28)11-19(15)34-25/h2-11H,1H3. The Morgan fingerprint density at radius 2 is 1.26 bits per heavy atom. The van der Waals surface area contributed by atoms with E-state index in [0.29, 0.717) is 16.8 Å². The normalized spacial score (nSPS) is 17.8. The lowest BCUT2D eigenvalue weighted by molar-refractivity contribution is -0.122. The summed E-state index contributed by atoms with van der Waals surface area (Å²) in [6.07, 6.45) is 7.64. The topological polar surface area (TPSA) is 40.6 Å². The average molecular weight is 541 g/mol. The summed E-state index contributed by atoms with van der Waals surface area (Å²) in [5, 5.41) is 2.29. The molecular formula is C27H13BrN2O2S2. The van der Waals surface area contributed by atoms with Gasteiger partial charge in [-0.25, -0.2) is 0 Å². The van der Waals surface area contributed by atoms with E-state index >= 15 is 0 Å². The summed E-state index contributed by atoms with van der Waals surface area (Å²) in [6.45, 7) is 2.08. The van der Waals surface area contributed by atoms with Gasteiger partial charge in [0, 0.05) is 48.2 Å². The molecule has 8 rings (SSSR count). The van der Waals surface area contributed by atoms with E-state index in [0.717, 1.165) is 46.5 Å². The second-order valence-electron chi connectivity index (χ2n) is 8.76. The monoisotopic (exact) mass is 540 g/mol. The number of nitrogens with zero attached hydrogens (tertiary/aromatic N) is 2. The molecule has 34 heavy (non-hydrogen) atoms. The van der Waals surface area contributed by atoms with Gasteiger partial charge in [-0.3, -0.25) is 19.4 Å². The van der Waals surface area contributed by atoms with Crippen molar-refractivity contribution in [3.8, 4) is 0 Å². The molecule has 0 fully saturated rings. The number of benzene rings is 2. The number of halogens is 1. The number of amides is 2. The molecule has 0 spiro atoms. The predicted octanol–water partition coefficient (Wildman–Crippen LogP) is 6.96. The summed E-state index contributed by atoms with van der Waals surface area (Å²) in [5.41, 5.74) is 5.82. The molecule has 2 aromatic carbocycles. The minimum Gasteiger partial charge on any atom is -0.281 e. The molecule has 0 saturated heterocycles. The van der Waals surface area contributed by atoms with Gasteiger partial charge in [-0.2, -0.15) is 0 Å². The summed E-state index contributed by atoms with van der Waals surface area (Å²) < 4.78 is 3.30. The fourth-order valence-electron chi connectivity index (χ4n) is 5.36. The Morgan fingerprint density at radius 3 is 1.85 bits per heavy atom. The maximum atomic E-state index is 13.8. The number of fused-ring (bicyclic) bond motifs is 11. The zero-order valence-corrected chi connectivity index (χ0v) is 20.9. The summed E-state index contributed by atoms with van der Waals surface area (Å²) in [7, 11) is 0. The molecule has 0 bridgehead atoms. The number of carbonyl (C=O) groups is 2. The molecule has 162 valence electrons. The van der Waals surface area contributed by atoms with Crippen LogP contribution in [0.25, 0.3) is 43.7 Å². The molecular weight excluding hydrogens is 528 g/mol. The maximum absolute atomic E-state index is 13.8. The van der Waals surface area contributed by atoms with Crippen molar-refractivity contribution in [3.05, 3.63) is 90.9 Å². The highest BCUT2D eigenvalue weighted by molar-refractivity contribution is 9.10. The van der Waals surface area contributed by atoms with Crippen LogP contribution in [-0.4, -0.2) is 21.6 Å². The second-order valence-corrected chi connectivity index (χ2v) is 11.8. The fraction of sp³-hybridized carbons (Fsp3) is 0.0370. The molecule has 2 aromatic heterocycles. The van der Waals surface area contributed by atoms with Crippen LogP contribution in [-0.2, 0) is 9.59 Å². The van der Waals surface area contributed by atoms with Gasteiger partial charge in [0.25, 0.3) is 11.8 Å². The molecule has 6 heterocycles. The van der Waals surface area contributed by atoms with Crippen molar-refractivity contribution in [2.45, 2.75) is 6.92 Å². The predicted molar refractivity (Wildman–Crippen MR) is 142 cm³/mol. The summed E-state index contributed by atoms with van der Waals surface area (Å²) in [6, 6.07) is 12.6. The highest BCUT2D eigenvalue weighted by atomic mass is 79.9. The third-order valence-electron chi connectivity index (χ3n) is 6.86. The van der Waals surface area contributed by atoms with Gasteiger partial charge in [-0.05, 0) is 42.8 Å². The molecule has 7 heteroatoms. The third-order valence-corrected chi connectivity index (χ3v) is 9.70. The van der Waals surface area contributed by atoms with Crippen LogP contribution in [0.15, 0.2) is 64.4 Å². The van der Waals surface area contributed by atoms with Crippen LogP contribution in [0.5, 0.6) is 0 Å². The number of aryl methyl sites for hydroxylation is 1. The molecule has 0 radical (unpaired) electrons. The van der Waals surface area contributed by atoms with Crippen LogP contribution in [0.4, 0.5) is 0 Å². The Morgan fingerprint density at radius 1 is 0.735 bits per heavy atom. The van der Waals surface area contributed by atoms with E-state index in [9.17, 15) is 9.59 Å². The minimum atomic E-state index is -0.133. The van der Waals surface area contributed by atoms with Gasteiger partial charge < -0.3 is 0 Å². The molecule has 0 unspecified atom stereocenters. The molecule has 0 aliphatic carbocycles. The molecule has 4 aliphatic heterocycles. The Labute approximate surface area is 210 Å². The highest BCUT2D eigenvalue weighted by Crippen LogP contribution is 2.54. The Hall–Kier alpha value is -3.26. The van der Waals surface area contributed by atoms with Crippen molar-refractivity contribution >= 4 is 94.1 Å². The first-order chi connectivity index (χ1) is 16.5. The molecule has 0 atom stereocenters. The summed E-state index contributed by atoms with van der Waals surface area (Å²) >= 11 is 6.84. The van der Waals surface area contributed by atoms with Crippen LogP contribution in [0.3, 0.4) is 0 Å². The lowest BCUT2D eigenvalue weighted by atomic mass is 10.0. The van der Waals surface area contributed by atoms with E-state index in [1.807, 2.05) is 30.6 Å². The summed E-state index contributed by atoms with van der Waals surface area (Å²) in [5.74, 6) is -0.266. The van der Waals surface area contributed by atoms with Crippen LogP contribution in [0.2, 0.25) is 0 Å². The number of carbonyl (C=O) groups excluding carboxylic acids is 2. The zero-order chi connectivity index (χ0) is 22.9. The van der Waals surface area contributed by atoms with Crippen molar-refractivity contribution in [2.24, 2.45) is 0 Å². The van der Waals surface area contributed by atoms with E-state index in [1.54, 1.807) is 32.5 Å². The van der Waals surface area contributed by atoms with Gasteiger partial charge in [-0.15, -0.1) is 22.7 Å². The van der Waals surface area contributed by atoms with E-state index in [1.165, 1.54) is 10.3 Å². The molecule has 4 aliphatic rings. The highest BCUT2D eigenvalue weighted by Gasteiger charge is 2.50. The van der Waals surface area contributed by atoms with Gasteiger partial charge >= 0.3 is 0 Å². The molecule has 0 N–H and O–H groups in total. The Balaban J connectivity index is 1.44. The number of thiophene rings is 2. The second kappa shape index (κ2) is 6.24. The minimum absolute atomic E-state index is 0.133. The van der Waals surface area contributed by atoms with E-state index in [-0.39, 0.29) is 11.8 Å². The molecule has 4 aromatic rings.